The molecule has 2 unspecified atom stereocenters. The third-order valence-electron chi connectivity index (χ3n) is 5.50. The Balaban J connectivity index is 1.56. The Morgan fingerprint density at radius 1 is 1.10 bits per heavy atom. The van der Waals surface area contributed by atoms with Crippen LogP contribution in [0.15, 0.2) is 80.6 Å². The van der Waals surface area contributed by atoms with Crippen molar-refractivity contribution < 1.29 is 18.0 Å². The second-order valence-corrected chi connectivity index (χ2v) is 7.29. The molecule has 0 radical (unpaired) electrons. The average Bonchev–Trinajstić information content (AvgIpc) is 3.48. The Kier molecular flexibility index (Phi) is 4.39. The molecule has 146 valence electrons. The second-order valence-electron chi connectivity index (χ2n) is 7.29. The summed E-state index contributed by atoms with van der Waals surface area (Å²) in [5.74, 6) is 0.852. The van der Waals surface area contributed by atoms with E-state index in [9.17, 15) is 9.18 Å². The number of hydrogen-bond acceptors (Lipinski definition) is 4. The predicted molar refractivity (Wildman–Crippen MR) is 105 cm³/mol. The molecule has 1 amide bonds. The van der Waals surface area contributed by atoms with Crippen molar-refractivity contribution in [3.8, 4) is 0 Å². The number of rotatable bonds is 3. The van der Waals surface area contributed by atoms with Crippen LogP contribution in [0.25, 0.3) is 6.08 Å². The van der Waals surface area contributed by atoms with Crippen LogP contribution in [0, 0.1) is 11.7 Å². The molecule has 3 heterocycles. The third kappa shape index (κ3) is 3.20. The van der Waals surface area contributed by atoms with Gasteiger partial charge in [0.25, 0.3) is 5.91 Å². The van der Waals surface area contributed by atoms with Crippen molar-refractivity contribution in [3.63, 3.8) is 0 Å². The summed E-state index contributed by atoms with van der Waals surface area (Å²) in [7, 11) is 0. The second kappa shape index (κ2) is 7.20. The first-order valence-electron chi connectivity index (χ1n) is 9.66. The lowest BCUT2D eigenvalue weighted by Crippen LogP contribution is -2.31. The summed E-state index contributed by atoms with van der Waals surface area (Å²) in [4.78, 5) is 13.2. The molecule has 6 heteroatoms. The van der Waals surface area contributed by atoms with E-state index in [-0.39, 0.29) is 23.7 Å². The number of halogens is 1. The maximum Gasteiger partial charge on any atom is 0.274 e. The van der Waals surface area contributed by atoms with Crippen LogP contribution in [0.3, 0.4) is 0 Å². The summed E-state index contributed by atoms with van der Waals surface area (Å²) >= 11 is 0. The predicted octanol–water partition coefficient (Wildman–Crippen LogP) is 5.45. The molecule has 1 aromatic carbocycles. The van der Waals surface area contributed by atoms with Gasteiger partial charge in [-0.2, -0.15) is 5.10 Å². The zero-order chi connectivity index (χ0) is 19.8. The van der Waals surface area contributed by atoms with Crippen LogP contribution in [0.2, 0.25) is 0 Å². The maximum atomic E-state index is 13.3. The lowest BCUT2D eigenvalue weighted by Gasteiger charge is -2.27. The molecule has 5 rings (SSSR count). The van der Waals surface area contributed by atoms with E-state index in [1.165, 1.54) is 29.3 Å². The molecule has 2 aromatic heterocycles. The van der Waals surface area contributed by atoms with Crippen LogP contribution >= 0.6 is 0 Å². The summed E-state index contributed by atoms with van der Waals surface area (Å²) in [5.41, 5.74) is 2.36. The fourth-order valence-corrected chi connectivity index (χ4v) is 4.18. The van der Waals surface area contributed by atoms with E-state index in [4.69, 9.17) is 13.9 Å². The highest BCUT2D eigenvalue weighted by atomic mass is 19.1. The summed E-state index contributed by atoms with van der Waals surface area (Å²) in [6.45, 7) is 0. The lowest BCUT2D eigenvalue weighted by atomic mass is 9.79. The Labute approximate surface area is 167 Å². The van der Waals surface area contributed by atoms with Crippen molar-refractivity contribution >= 4 is 17.7 Å². The van der Waals surface area contributed by atoms with Gasteiger partial charge in [0.15, 0.2) is 0 Å². The van der Waals surface area contributed by atoms with Crippen LogP contribution in [-0.4, -0.2) is 16.6 Å². The van der Waals surface area contributed by atoms with Gasteiger partial charge in [-0.1, -0.05) is 0 Å². The van der Waals surface area contributed by atoms with Gasteiger partial charge in [-0.25, -0.2) is 9.40 Å². The molecule has 0 spiro atoms. The molecule has 3 aromatic rings. The monoisotopic (exact) mass is 390 g/mol. The van der Waals surface area contributed by atoms with Crippen molar-refractivity contribution in [3.05, 3.63) is 89.5 Å². The van der Waals surface area contributed by atoms with Crippen LogP contribution in [-0.2, 0) is 0 Å². The number of fused-ring (bicyclic) bond motifs is 1. The minimum Gasteiger partial charge on any atom is -0.467 e. The standard InChI is InChI=1S/C23H19FN2O3/c24-17-10-8-15(9-11-17)23(27)26-22(20-7-3-13-29-20)19-6-1-4-16(21(19)25-26)14-18-5-2-12-28-18/h2-3,5,7-14,19,22H,1,4,6H2/b16-14+. The first-order valence-corrected chi connectivity index (χ1v) is 9.66. The molecule has 1 aliphatic heterocycles. The van der Waals surface area contributed by atoms with Crippen LogP contribution in [0.4, 0.5) is 4.39 Å². The number of furan rings is 2. The zero-order valence-corrected chi connectivity index (χ0v) is 15.6. The highest BCUT2D eigenvalue weighted by molar-refractivity contribution is 6.09. The molecule has 1 fully saturated rings. The molecule has 0 N–H and O–H groups in total. The number of hydrazone groups is 1. The van der Waals surface area contributed by atoms with E-state index in [0.717, 1.165) is 36.3 Å². The van der Waals surface area contributed by atoms with Gasteiger partial charge in [0.05, 0.1) is 18.2 Å². The maximum absolute atomic E-state index is 13.3. The highest BCUT2D eigenvalue weighted by Crippen LogP contribution is 2.45. The Morgan fingerprint density at radius 2 is 1.90 bits per heavy atom. The molecule has 29 heavy (non-hydrogen) atoms. The molecule has 0 saturated heterocycles. The SMILES string of the molecule is O=C(c1ccc(F)cc1)N1N=C2/C(=C/c3ccco3)CCCC2C1c1ccco1. The molecular weight excluding hydrogens is 371 g/mol. The molecule has 1 aliphatic carbocycles. The van der Waals surface area contributed by atoms with Crippen LogP contribution in [0.1, 0.15) is 47.2 Å². The number of hydrogen-bond donors (Lipinski definition) is 0. The quantitative estimate of drug-likeness (QED) is 0.598. The molecule has 2 aliphatic rings. The number of allylic oxidation sites excluding steroid dienone is 1. The zero-order valence-electron chi connectivity index (χ0n) is 15.6. The number of carbonyl (C=O) groups is 1. The van der Waals surface area contributed by atoms with Gasteiger partial charge in [-0.05, 0) is 79.4 Å². The number of amides is 1. The Bertz CT molecular complexity index is 1070. The molecule has 1 saturated carbocycles. The molecule has 2 atom stereocenters. The van der Waals surface area contributed by atoms with E-state index < -0.39 is 0 Å². The first kappa shape index (κ1) is 17.7. The van der Waals surface area contributed by atoms with Crippen molar-refractivity contribution in [2.75, 3.05) is 0 Å². The highest BCUT2D eigenvalue weighted by Gasteiger charge is 2.45. The van der Waals surface area contributed by atoms with E-state index in [1.54, 1.807) is 12.5 Å². The Hall–Kier alpha value is -3.41. The van der Waals surface area contributed by atoms with Gasteiger partial charge in [0.2, 0.25) is 0 Å². The summed E-state index contributed by atoms with van der Waals surface area (Å²) in [6.07, 6.45) is 8.02. The average molecular weight is 390 g/mol. The first-order chi connectivity index (χ1) is 14.2. The van der Waals surface area contributed by atoms with E-state index >= 15 is 0 Å². The molecular formula is C23H19FN2O3. The number of nitrogens with zero attached hydrogens (tertiary/aromatic N) is 2. The van der Waals surface area contributed by atoms with E-state index in [2.05, 4.69) is 0 Å². The summed E-state index contributed by atoms with van der Waals surface area (Å²) in [6, 6.07) is 12.7. The molecule has 5 nitrogen and oxygen atoms in total. The number of benzene rings is 1. The van der Waals surface area contributed by atoms with Gasteiger partial charge in [0, 0.05) is 11.5 Å². The van der Waals surface area contributed by atoms with Crippen LogP contribution < -0.4 is 0 Å². The van der Waals surface area contributed by atoms with Crippen molar-refractivity contribution in [1.82, 2.24) is 5.01 Å². The fraction of sp³-hybridized carbons (Fsp3) is 0.217. The minimum atomic E-state index is -0.380. The van der Waals surface area contributed by atoms with Gasteiger partial charge in [-0.3, -0.25) is 4.79 Å². The van der Waals surface area contributed by atoms with E-state index in [1.807, 2.05) is 30.3 Å². The van der Waals surface area contributed by atoms with Crippen LogP contribution in [0.5, 0.6) is 0 Å². The topological polar surface area (TPSA) is 59.0 Å². The van der Waals surface area contributed by atoms with Gasteiger partial charge in [-0.15, -0.1) is 0 Å². The largest absolute Gasteiger partial charge is 0.467 e. The fourth-order valence-electron chi connectivity index (χ4n) is 4.18. The van der Waals surface area contributed by atoms with E-state index in [0.29, 0.717) is 11.3 Å². The lowest BCUT2D eigenvalue weighted by molar-refractivity contribution is 0.0656. The Morgan fingerprint density at radius 3 is 2.62 bits per heavy atom. The van der Waals surface area contributed by atoms with Gasteiger partial charge < -0.3 is 8.83 Å². The summed E-state index contributed by atoms with van der Waals surface area (Å²) in [5, 5.41) is 6.24. The number of carbonyl (C=O) groups excluding carboxylic acids is 1. The third-order valence-corrected chi connectivity index (χ3v) is 5.50. The van der Waals surface area contributed by atoms with Gasteiger partial charge >= 0.3 is 0 Å². The molecule has 0 bridgehead atoms. The van der Waals surface area contributed by atoms with Crippen molar-refractivity contribution in [2.24, 2.45) is 11.0 Å². The van der Waals surface area contributed by atoms with Crippen molar-refractivity contribution in [1.29, 1.82) is 0 Å². The summed E-state index contributed by atoms with van der Waals surface area (Å²) < 4.78 is 24.5. The smallest absolute Gasteiger partial charge is 0.274 e. The van der Waals surface area contributed by atoms with Crippen molar-refractivity contribution in [2.45, 2.75) is 25.3 Å². The minimum absolute atomic E-state index is 0.0421. The normalized spacial score (nSPS) is 22.6. The van der Waals surface area contributed by atoms with Gasteiger partial charge in [0.1, 0.15) is 23.4 Å².